The van der Waals surface area contributed by atoms with Gasteiger partial charge in [-0.25, -0.2) is 8.78 Å². The van der Waals surface area contributed by atoms with Crippen molar-refractivity contribution < 1.29 is 13.2 Å². The molecule has 0 aromatic heterocycles. The van der Waals surface area contributed by atoms with Gasteiger partial charge in [0.1, 0.15) is 11.6 Å². The molecule has 0 saturated heterocycles. The lowest BCUT2D eigenvalue weighted by molar-refractivity contribution is 0.425. The van der Waals surface area contributed by atoms with Gasteiger partial charge in [0.15, 0.2) is 0 Å². The summed E-state index contributed by atoms with van der Waals surface area (Å²) in [6.45, 7) is -0.720. The highest BCUT2D eigenvalue weighted by atomic mass is 35.5. The van der Waals surface area contributed by atoms with Gasteiger partial charge in [-0.2, -0.15) is 0 Å². The van der Waals surface area contributed by atoms with Gasteiger partial charge in [0.25, 0.3) is 0 Å². The van der Waals surface area contributed by atoms with Crippen LogP contribution in [0.15, 0.2) is 12.1 Å². The second kappa shape index (κ2) is 4.66. The topological polar surface area (TPSA) is 26.0 Å². The summed E-state index contributed by atoms with van der Waals surface area (Å²) in [5.74, 6) is -1.67. The number of benzene rings is 1. The third kappa shape index (κ3) is 2.39. The first-order valence-corrected chi connectivity index (χ1v) is 4.40. The molecule has 78 valence electrons. The van der Waals surface area contributed by atoms with E-state index in [9.17, 15) is 13.2 Å². The SMILES string of the molecule is N[C@H](CCF)c1c(F)cc(Cl)cc1F. The second-order valence-electron chi connectivity index (χ2n) is 2.87. The van der Waals surface area contributed by atoms with Crippen molar-refractivity contribution in [1.82, 2.24) is 0 Å². The van der Waals surface area contributed by atoms with E-state index in [2.05, 4.69) is 0 Å². The van der Waals surface area contributed by atoms with Crippen LogP contribution in [0, 0.1) is 11.6 Å². The molecule has 0 bridgehead atoms. The standard InChI is InChI=1S/C9H9ClF3N/c10-5-3-6(12)9(7(13)4-5)8(14)1-2-11/h3-4,8H,1-2,14H2/t8-/m1/s1. The predicted molar refractivity (Wildman–Crippen MR) is 48.9 cm³/mol. The molecule has 0 heterocycles. The lowest BCUT2D eigenvalue weighted by Crippen LogP contribution is -2.15. The molecule has 1 nitrogen and oxygen atoms in total. The molecule has 1 atom stereocenters. The molecule has 0 unspecified atom stereocenters. The summed E-state index contributed by atoms with van der Waals surface area (Å²) < 4.78 is 38.2. The van der Waals surface area contributed by atoms with Gasteiger partial charge in [-0.15, -0.1) is 0 Å². The Kier molecular flexibility index (Phi) is 3.77. The molecule has 0 aliphatic rings. The molecule has 0 spiro atoms. The first-order chi connectivity index (χ1) is 6.56. The third-order valence-electron chi connectivity index (χ3n) is 1.83. The van der Waals surface area contributed by atoms with Crippen molar-refractivity contribution in [2.24, 2.45) is 5.73 Å². The summed E-state index contributed by atoms with van der Waals surface area (Å²) >= 11 is 5.41. The van der Waals surface area contributed by atoms with Crippen molar-refractivity contribution in [3.8, 4) is 0 Å². The molecule has 5 heteroatoms. The van der Waals surface area contributed by atoms with Gasteiger partial charge >= 0.3 is 0 Å². The fourth-order valence-corrected chi connectivity index (χ4v) is 1.36. The maximum absolute atomic E-state index is 13.2. The van der Waals surface area contributed by atoms with E-state index < -0.39 is 24.4 Å². The van der Waals surface area contributed by atoms with E-state index in [1.54, 1.807) is 0 Å². The molecule has 0 saturated carbocycles. The number of hydrogen-bond acceptors (Lipinski definition) is 1. The summed E-state index contributed by atoms with van der Waals surface area (Å²) in [5.41, 5.74) is 5.08. The summed E-state index contributed by atoms with van der Waals surface area (Å²) in [7, 11) is 0. The highest BCUT2D eigenvalue weighted by Crippen LogP contribution is 2.24. The van der Waals surface area contributed by atoms with Gasteiger partial charge in [0.2, 0.25) is 0 Å². The Hall–Kier alpha value is -0.740. The van der Waals surface area contributed by atoms with E-state index in [1.807, 2.05) is 0 Å². The zero-order valence-electron chi connectivity index (χ0n) is 7.24. The fourth-order valence-electron chi connectivity index (χ4n) is 1.17. The van der Waals surface area contributed by atoms with Crippen LogP contribution in [0.25, 0.3) is 0 Å². The van der Waals surface area contributed by atoms with Gasteiger partial charge < -0.3 is 5.73 Å². The zero-order valence-corrected chi connectivity index (χ0v) is 7.99. The van der Waals surface area contributed by atoms with Gasteiger partial charge in [-0.1, -0.05) is 11.6 Å². The Labute approximate surface area is 84.7 Å². The van der Waals surface area contributed by atoms with Crippen molar-refractivity contribution in [3.05, 3.63) is 34.4 Å². The molecule has 1 aromatic rings. The first kappa shape index (κ1) is 11.3. The smallest absolute Gasteiger partial charge is 0.132 e. The lowest BCUT2D eigenvalue weighted by Gasteiger charge is -2.12. The number of halogens is 4. The molecule has 0 radical (unpaired) electrons. The average Bonchev–Trinajstić information content (AvgIpc) is 2.01. The molecular formula is C9H9ClF3N. The van der Waals surface area contributed by atoms with Crippen LogP contribution in [0.1, 0.15) is 18.0 Å². The summed E-state index contributed by atoms with van der Waals surface area (Å²) in [6.07, 6.45) is -0.116. The molecule has 0 fully saturated rings. The third-order valence-corrected chi connectivity index (χ3v) is 2.05. The van der Waals surface area contributed by atoms with Crippen LogP contribution in [0.5, 0.6) is 0 Å². The van der Waals surface area contributed by atoms with Crippen LogP contribution in [-0.2, 0) is 0 Å². The van der Waals surface area contributed by atoms with Crippen molar-refractivity contribution in [2.45, 2.75) is 12.5 Å². The van der Waals surface area contributed by atoms with Crippen LogP contribution < -0.4 is 5.73 Å². The predicted octanol–water partition coefficient (Wildman–Crippen LogP) is 2.98. The normalized spacial score (nSPS) is 12.9. The van der Waals surface area contributed by atoms with Crippen molar-refractivity contribution in [2.75, 3.05) is 6.67 Å². The molecule has 1 aromatic carbocycles. The van der Waals surface area contributed by atoms with Crippen LogP contribution >= 0.6 is 11.6 Å². The summed E-state index contributed by atoms with van der Waals surface area (Å²) in [5, 5.41) is -0.0452. The maximum atomic E-state index is 13.2. The zero-order chi connectivity index (χ0) is 10.7. The molecule has 0 amide bonds. The maximum Gasteiger partial charge on any atom is 0.132 e. The Morgan fingerprint density at radius 1 is 1.29 bits per heavy atom. The van der Waals surface area contributed by atoms with Crippen molar-refractivity contribution in [1.29, 1.82) is 0 Å². The summed E-state index contributed by atoms with van der Waals surface area (Å²) in [4.78, 5) is 0. The number of rotatable bonds is 3. The largest absolute Gasteiger partial charge is 0.324 e. The molecule has 14 heavy (non-hydrogen) atoms. The number of hydrogen-bond donors (Lipinski definition) is 1. The summed E-state index contributed by atoms with van der Waals surface area (Å²) in [6, 6.07) is 0.938. The second-order valence-corrected chi connectivity index (χ2v) is 3.30. The van der Waals surface area contributed by atoms with Crippen LogP contribution in [0.2, 0.25) is 5.02 Å². The molecular weight excluding hydrogens is 215 g/mol. The Morgan fingerprint density at radius 3 is 2.21 bits per heavy atom. The van der Waals surface area contributed by atoms with E-state index in [0.29, 0.717) is 0 Å². The van der Waals surface area contributed by atoms with Gasteiger partial charge in [0, 0.05) is 16.6 Å². The van der Waals surface area contributed by atoms with E-state index in [1.165, 1.54) is 0 Å². The fraction of sp³-hybridized carbons (Fsp3) is 0.333. The van der Waals surface area contributed by atoms with Gasteiger partial charge in [-0.05, 0) is 18.6 Å². The van der Waals surface area contributed by atoms with E-state index in [0.717, 1.165) is 12.1 Å². The Bertz CT molecular complexity index is 307. The molecule has 1 rings (SSSR count). The van der Waals surface area contributed by atoms with Gasteiger partial charge in [-0.3, -0.25) is 4.39 Å². The quantitative estimate of drug-likeness (QED) is 0.838. The van der Waals surface area contributed by atoms with Crippen LogP contribution in [0.4, 0.5) is 13.2 Å². The Morgan fingerprint density at radius 2 is 1.79 bits per heavy atom. The van der Waals surface area contributed by atoms with Crippen LogP contribution in [-0.4, -0.2) is 6.67 Å². The number of alkyl halides is 1. The average molecular weight is 224 g/mol. The van der Waals surface area contributed by atoms with Crippen molar-refractivity contribution in [3.63, 3.8) is 0 Å². The highest BCUT2D eigenvalue weighted by Gasteiger charge is 2.17. The minimum atomic E-state index is -0.975. The molecule has 0 aliphatic carbocycles. The van der Waals surface area contributed by atoms with E-state index >= 15 is 0 Å². The van der Waals surface area contributed by atoms with Crippen LogP contribution in [0.3, 0.4) is 0 Å². The minimum Gasteiger partial charge on any atom is -0.324 e. The Balaban J connectivity index is 3.07. The highest BCUT2D eigenvalue weighted by molar-refractivity contribution is 6.30. The molecule has 2 N–H and O–H groups in total. The monoisotopic (exact) mass is 223 g/mol. The lowest BCUT2D eigenvalue weighted by atomic mass is 10.0. The minimum absolute atomic E-state index is 0.0452. The van der Waals surface area contributed by atoms with Gasteiger partial charge in [0.05, 0.1) is 6.67 Å². The number of nitrogens with two attached hydrogens (primary N) is 1. The molecule has 0 aliphatic heterocycles. The van der Waals surface area contributed by atoms with E-state index in [4.69, 9.17) is 17.3 Å². The first-order valence-electron chi connectivity index (χ1n) is 4.02. The van der Waals surface area contributed by atoms with E-state index in [-0.39, 0.29) is 17.0 Å². The van der Waals surface area contributed by atoms with Crippen molar-refractivity contribution >= 4 is 11.6 Å².